The first-order chi connectivity index (χ1) is 9.36. The van der Waals surface area contributed by atoms with Crippen LogP contribution in [0.5, 0.6) is 0 Å². The van der Waals surface area contributed by atoms with Gasteiger partial charge in [-0.05, 0) is 12.8 Å². The lowest BCUT2D eigenvalue weighted by atomic mass is 10.1. The largest absolute Gasteiger partial charge is 0.325 e. The summed E-state index contributed by atoms with van der Waals surface area (Å²) in [4.78, 5) is 9.31. The number of fused-ring (bicyclic) bond motifs is 1. The number of hydrogen-bond acceptors (Lipinski definition) is 2. The van der Waals surface area contributed by atoms with E-state index in [4.69, 9.17) is 0 Å². The number of nitrogens with one attached hydrogen (secondary N) is 1. The van der Waals surface area contributed by atoms with Gasteiger partial charge in [-0.3, -0.25) is 9.98 Å². The highest BCUT2D eigenvalue weighted by Crippen LogP contribution is 2.16. The molecule has 0 bridgehead atoms. The van der Waals surface area contributed by atoms with E-state index in [2.05, 4.69) is 53.4 Å². The third-order valence-corrected chi connectivity index (χ3v) is 3.24. The van der Waals surface area contributed by atoms with E-state index < -0.39 is 0 Å². The summed E-state index contributed by atoms with van der Waals surface area (Å²) < 4.78 is 0. The molecule has 3 heteroatoms. The minimum absolute atomic E-state index is 0.884. The van der Waals surface area contributed by atoms with E-state index in [1.54, 1.807) is 0 Å². The summed E-state index contributed by atoms with van der Waals surface area (Å²) in [5.41, 5.74) is 2.38. The summed E-state index contributed by atoms with van der Waals surface area (Å²) >= 11 is 0. The topological polar surface area (TPSA) is 36.8 Å². The van der Waals surface area contributed by atoms with Crippen LogP contribution in [0, 0.1) is 0 Å². The standard InChI is InChI=1S/C16H23N3/c1-3-5-11-17-15-13-9-7-8-10-14(13)16(19-15)18-12-6-4-2/h7-10H,3-6,11-12H2,1-2H3,(H,17,18,19). The van der Waals surface area contributed by atoms with Crippen molar-refractivity contribution in [2.45, 2.75) is 39.5 Å². The lowest BCUT2D eigenvalue weighted by Gasteiger charge is -2.00. The van der Waals surface area contributed by atoms with Crippen LogP contribution in [0.2, 0.25) is 0 Å². The molecule has 0 aliphatic carbocycles. The molecule has 0 fully saturated rings. The molecule has 0 amide bonds. The highest BCUT2D eigenvalue weighted by Gasteiger charge is 2.21. The molecular formula is C16H23N3. The van der Waals surface area contributed by atoms with Gasteiger partial charge in [0.1, 0.15) is 11.7 Å². The van der Waals surface area contributed by atoms with E-state index in [1.165, 1.54) is 24.0 Å². The second-order valence-electron chi connectivity index (χ2n) is 4.84. The predicted molar refractivity (Wildman–Crippen MR) is 82.2 cm³/mol. The van der Waals surface area contributed by atoms with Gasteiger partial charge in [-0.2, -0.15) is 0 Å². The number of nitrogens with zero attached hydrogens (tertiary/aromatic N) is 2. The number of aliphatic imine (C=N–C) groups is 2. The van der Waals surface area contributed by atoms with Crippen molar-refractivity contribution in [2.24, 2.45) is 9.98 Å². The molecule has 1 heterocycles. The maximum atomic E-state index is 4.66. The fourth-order valence-corrected chi connectivity index (χ4v) is 2.09. The van der Waals surface area contributed by atoms with Crippen LogP contribution in [0.4, 0.5) is 0 Å². The molecule has 0 saturated carbocycles. The zero-order chi connectivity index (χ0) is 13.5. The van der Waals surface area contributed by atoms with Crippen LogP contribution in [-0.4, -0.2) is 24.8 Å². The molecule has 2 rings (SSSR count). The van der Waals surface area contributed by atoms with Gasteiger partial charge in [-0.1, -0.05) is 51.0 Å². The quantitative estimate of drug-likeness (QED) is 0.779. The van der Waals surface area contributed by atoms with Gasteiger partial charge >= 0.3 is 0 Å². The number of unbranched alkanes of at least 4 members (excludes halogenated alkanes) is 2. The van der Waals surface area contributed by atoms with Crippen molar-refractivity contribution >= 4 is 11.7 Å². The van der Waals surface area contributed by atoms with Crippen LogP contribution in [0.25, 0.3) is 0 Å². The van der Waals surface area contributed by atoms with Crippen LogP contribution in [0.15, 0.2) is 34.3 Å². The first-order valence-electron chi connectivity index (χ1n) is 7.32. The Morgan fingerprint density at radius 1 is 0.842 bits per heavy atom. The van der Waals surface area contributed by atoms with Gasteiger partial charge in [-0.15, -0.1) is 0 Å². The van der Waals surface area contributed by atoms with Gasteiger partial charge in [0.25, 0.3) is 0 Å². The lowest BCUT2D eigenvalue weighted by molar-refractivity contribution is 0.803. The SMILES string of the molecule is CCCCN=C1NC(=NCCCC)c2ccccc21. The van der Waals surface area contributed by atoms with Gasteiger partial charge < -0.3 is 5.32 Å². The fourth-order valence-electron chi connectivity index (χ4n) is 2.09. The van der Waals surface area contributed by atoms with E-state index in [1.807, 2.05) is 0 Å². The van der Waals surface area contributed by atoms with E-state index in [9.17, 15) is 0 Å². The Bertz CT molecular complexity index is 432. The van der Waals surface area contributed by atoms with Gasteiger partial charge in [0.2, 0.25) is 0 Å². The molecule has 1 aromatic carbocycles. The Morgan fingerprint density at radius 2 is 1.32 bits per heavy atom. The van der Waals surface area contributed by atoms with E-state index in [0.717, 1.165) is 37.6 Å². The maximum Gasteiger partial charge on any atom is 0.134 e. The van der Waals surface area contributed by atoms with E-state index in [-0.39, 0.29) is 0 Å². The second kappa shape index (κ2) is 7.07. The summed E-state index contributed by atoms with van der Waals surface area (Å²) in [5.74, 6) is 1.97. The minimum atomic E-state index is 0.884. The molecule has 0 saturated heterocycles. The molecule has 0 radical (unpaired) electrons. The van der Waals surface area contributed by atoms with Crippen LogP contribution in [0.1, 0.15) is 50.7 Å². The Labute approximate surface area is 115 Å². The van der Waals surface area contributed by atoms with Crippen molar-refractivity contribution in [2.75, 3.05) is 13.1 Å². The maximum absolute atomic E-state index is 4.66. The van der Waals surface area contributed by atoms with Crippen molar-refractivity contribution in [3.05, 3.63) is 35.4 Å². The summed E-state index contributed by atoms with van der Waals surface area (Å²) in [7, 11) is 0. The summed E-state index contributed by atoms with van der Waals surface area (Å²) in [6, 6.07) is 8.36. The number of benzene rings is 1. The molecule has 102 valence electrons. The monoisotopic (exact) mass is 257 g/mol. The average Bonchev–Trinajstić information content (AvgIpc) is 2.79. The zero-order valence-electron chi connectivity index (χ0n) is 11.9. The number of rotatable bonds is 6. The molecule has 3 nitrogen and oxygen atoms in total. The molecule has 1 aliphatic rings. The predicted octanol–water partition coefficient (Wildman–Crippen LogP) is 3.38. The van der Waals surface area contributed by atoms with Crippen molar-refractivity contribution in [3.8, 4) is 0 Å². The smallest absolute Gasteiger partial charge is 0.134 e. The van der Waals surface area contributed by atoms with Gasteiger partial charge in [-0.25, -0.2) is 0 Å². The van der Waals surface area contributed by atoms with Crippen molar-refractivity contribution in [1.29, 1.82) is 0 Å². The van der Waals surface area contributed by atoms with Crippen molar-refractivity contribution in [1.82, 2.24) is 5.32 Å². The summed E-state index contributed by atoms with van der Waals surface area (Å²) in [6.45, 7) is 6.15. The average molecular weight is 257 g/mol. The third-order valence-electron chi connectivity index (χ3n) is 3.24. The van der Waals surface area contributed by atoms with E-state index >= 15 is 0 Å². The highest BCUT2D eigenvalue weighted by molar-refractivity contribution is 6.25. The Kier molecular flexibility index (Phi) is 5.13. The first-order valence-corrected chi connectivity index (χ1v) is 7.32. The Morgan fingerprint density at radius 3 is 1.74 bits per heavy atom. The molecule has 1 N–H and O–H groups in total. The molecular weight excluding hydrogens is 234 g/mol. The molecule has 0 aromatic heterocycles. The van der Waals surface area contributed by atoms with Crippen LogP contribution < -0.4 is 5.32 Å². The molecule has 19 heavy (non-hydrogen) atoms. The zero-order valence-corrected chi connectivity index (χ0v) is 11.9. The Hall–Kier alpha value is -1.64. The van der Waals surface area contributed by atoms with Gasteiger partial charge in [0.05, 0.1) is 0 Å². The molecule has 1 aromatic rings. The molecule has 0 atom stereocenters. The van der Waals surface area contributed by atoms with Crippen LogP contribution in [0.3, 0.4) is 0 Å². The van der Waals surface area contributed by atoms with Gasteiger partial charge in [0, 0.05) is 24.2 Å². The van der Waals surface area contributed by atoms with Crippen LogP contribution >= 0.6 is 0 Å². The third kappa shape index (κ3) is 3.43. The highest BCUT2D eigenvalue weighted by atomic mass is 15.1. The summed E-state index contributed by atoms with van der Waals surface area (Å²) in [5, 5.41) is 3.37. The number of amidine groups is 2. The second-order valence-corrected chi connectivity index (χ2v) is 4.84. The molecule has 1 aliphatic heterocycles. The van der Waals surface area contributed by atoms with E-state index in [0.29, 0.717) is 0 Å². The molecule has 0 spiro atoms. The van der Waals surface area contributed by atoms with Gasteiger partial charge in [0.15, 0.2) is 0 Å². The first kappa shape index (κ1) is 13.8. The number of hydrogen-bond donors (Lipinski definition) is 1. The Balaban J connectivity index is 2.18. The van der Waals surface area contributed by atoms with Crippen molar-refractivity contribution < 1.29 is 0 Å². The van der Waals surface area contributed by atoms with Crippen molar-refractivity contribution in [3.63, 3.8) is 0 Å². The van der Waals surface area contributed by atoms with Crippen LogP contribution in [-0.2, 0) is 0 Å². The summed E-state index contributed by atoms with van der Waals surface area (Å²) in [6.07, 6.45) is 4.62. The minimum Gasteiger partial charge on any atom is -0.325 e. The molecule has 0 unspecified atom stereocenters. The fraction of sp³-hybridized carbons (Fsp3) is 0.500. The lowest BCUT2D eigenvalue weighted by Crippen LogP contribution is -2.23. The normalized spacial score (nSPS) is 17.8.